The number of likely N-dealkylation sites (tertiary alicyclic amines) is 1. The van der Waals surface area contributed by atoms with Gasteiger partial charge < -0.3 is 19.6 Å². The van der Waals surface area contributed by atoms with E-state index in [-0.39, 0.29) is 47.0 Å². The second kappa shape index (κ2) is 9.77. The SMILES string of the molecule is CCOC(=O)COc1ccc(Br)cc1[C@H]1c2sc(=O)[nH]c2SC2C3CC(C4C(=O)N(C(C)C(=O)O)C(=O)C34)C21. The quantitative estimate of drug-likeness (QED) is 0.346. The maximum Gasteiger partial charge on any atom is 0.344 e. The van der Waals surface area contributed by atoms with Crippen LogP contribution in [-0.2, 0) is 23.9 Å². The van der Waals surface area contributed by atoms with Crippen LogP contribution in [0.1, 0.15) is 36.6 Å². The number of nitrogens with zero attached hydrogens (tertiary/aromatic N) is 1. The third kappa shape index (κ3) is 4.07. The van der Waals surface area contributed by atoms with Crippen molar-refractivity contribution in [3.05, 3.63) is 42.8 Å². The normalized spacial score (nSPS) is 31.1. The van der Waals surface area contributed by atoms with Crippen LogP contribution in [0.5, 0.6) is 5.75 Å². The van der Waals surface area contributed by atoms with Crippen LogP contribution in [-0.4, -0.2) is 63.2 Å². The molecule has 3 heterocycles. The minimum absolute atomic E-state index is 0.0623. The lowest BCUT2D eigenvalue weighted by molar-refractivity contribution is -0.154. The number of H-pyrrole nitrogens is 1. The minimum atomic E-state index is -1.23. The number of nitrogens with one attached hydrogen (secondary N) is 1. The van der Waals surface area contributed by atoms with Crippen molar-refractivity contribution in [2.24, 2.45) is 29.6 Å². The molecule has 13 heteroatoms. The summed E-state index contributed by atoms with van der Waals surface area (Å²) in [6.45, 7) is 3.03. The molecule has 10 nitrogen and oxygen atoms in total. The summed E-state index contributed by atoms with van der Waals surface area (Å²) in [6, 6.07) is 4.25. The number of aromatic amines is 1. The molecule has 4 aliphatic rings. The van der Waals surface area contributed by atoms with Gasteiger partial charge in [0, 0.05) is 26.1 Å². The summed E-state index contributed by atoms with van der Waals surface area (Å²) in [5.74, 6) is -3.96. The summed E-state index contributed by atoms with van der Waals surface area (Å²) in [4.78, 5) is 67.8. The summed E-state index contributed by atoms with van der Waals surface area (Å²) in [5, 5.41) is 10.2. The molecule has 2 N–H and O–H groups in total. The van der Waals surface area contributed by atoms with Crippen molar-refractivity contribution in [2.45, 2.75) is 42.5 Å². The van der Waals surface area contributed by atoms with Gasteiger partial charge in [0.1, 0.15) is 11.8 Å². The molecule has 0 radical (unpaired) electrons. The standard InChI is InChI=1S/C26H25BrN2O8S2/c1-3-36-15(30)8-37-14-5-4-10(27)6-11(14)16-17-12-7-13(20(17)38-22-21(16)39-26(35)28-22)19-18(12)23(31)29(24(19)32)9(2)25(33)34/h4-6,9,12-13,16-20H,3,7-8H2,1-2H3,(H,28,35)(H,33,34)/t9?,12?,13?,16-,17?,18?,19?,20?/m1/s1. The number of benzene rings is 1. The van der Waals surface area contributed by atoms with Gasteiger partial charge in [-0.05, 0) is 56.2 Å². The number of esters is 1. The van der Waals surface area contributed by atoms with Crippen molar-refractivity contribution in [3.8, 4) is 5.75 Å². The van der Waals surface area contributed by atoms with Crippen LogP contribution < -0.4 is 9.61 Å². The number of carbonyl (C=O) groups excluding carboxylic acids is 3. The highest BCUT2D eigenvalue weighted by atomic mass is 79.9. The maximum absolute atomic E-state index is 13.6. The average Bonchev–Trinajstić information content (AvgIpc) is 3.61. The van der Waals surface area contributed by atoms with Crippen LogP contribution in [0.2, 0.25) is 0 Å². The molecule has 0 spiro atoms. The molecule has 8 atom stereocenters. The molecule has 2 bridgehead atoms. The largest absolute Gasteiger partial charge is 0.482 e. The predicted octanol–water partition coefficient (Wildman–Crippen LogP) is 3.09. The van der Waals surface area contributed by atoms with Crippen LogP contribution in [0.15, 0.2) is 32.5 Å². The Labute approximate surface area is 239 Å². The fourth-order valence-corrected chi connectivity index (χ4v) is 10.4. The number of thiazole rings is 1. The lowest BCUT2D eigenvalue weighted by atomic mass is 9.68. The lowest BCUT2D eigenvalue weighted by Gasteiger charge is -2.43. The monoisotopic (exact) mass is 636 g/mol. The number of halogens is 1. The number of rotatable bonds is 7. The van der Waals surface area contributed by atoms with E-state index in [2.05, 4.69) is 20.9 Å². The first-order chi connectivity index (χ1) is 18.6. The fourth-order valence-electron chi connectivity index (χ4n) is 7.11. The third-order valence-corrected chi connectivity index (χ3v) is 11.5. The first kappa shape index (κ1) is 26.6. The number of imide groups is 1. The molecule has 2 aromatic rings. The van der Waals surface area contributed by atoms with Crippen LogP contribution >= 0.6 is 39.0 Å². The van der Waals surface area contributed by atoms with Crippen molar-refractivity contribution in [1.29, 1.82) is 0 Å². The van der Waals surface area contributed by atoms with Crippen molar-refractivity contribution in [1.82, 2.24) is 9.88 Å². The molecule has 1 aromatic carbocycles. The zero-order chi connectivity index (χ0) is 27.7. The number of carboxylic acid groups (broad SMARTS) is 1. The number of thioether (sulfide) groups is 1. The van der Waals surface area contributed by atoms with Crippen LogP contribution in [0.25, 0.3) is 0 Å². The van der Waals surface area contributed by atoms with Gasteiger partial charge in [-0.1, -0.05) is 27.3 Å². The molecular formula is C26H25BrN2O8S2. The Bertz CT molecular complexity index is 1460. The Kier molecular flexibility index (Phi) is 6.66. The molecule has 6 rings (SSSR count). The van der Waals surface area contributed by atoms with E-state index in [0.29, 0.717) is 12.2 Å². The smallest absolute Gasteiger partial charge is 0.344 e. The van der Waals surface area contributed by atoms with E-state index in [4.69, 9.17) is 9.47 Å². The van der Waals surface area contributed by atoms with Gasteiger partial charge in [-0.25, -0.2) is 9.59 Å². The molecule has 206 valence electrons. The number of hydrogen-bond donors (Lipinski definition) is 2. The van der Waals surface area contributed by atoms with Gasteiger partial charge in [0.15, 0.2) is 6.61 Å². The Hall–Kier alpha value is -2.64. The first-order valence-electron chi connectivity index (χ1n) is 12.7. The molecule has 3 fully saturated rings. The predicted molar refractivity (Wildman–Crippen MR) is 144 cm³/mol. The van der Waals surface area contributed by atoms with Gasteiger partial charge in [0.25, 0.3) is 0 Å². The zero-order valence-corrected chi connectivity index (χ0v) is 24.1. The average molecular weight is 638 g/mol. The number of fused-ring (bicyclic) bond motifs is 9. The van der Waals surface area contributed by atoms with Crippen LogP contribution in [0, 0.1) is 29.6 Å². The number of ether oxygens (including phenoxy) is 2. The van der Waals surface area contributed by atoms with E-state index in [1.165, 1.54) is 6.92 Å². The van der Waals surface area contributed by atoms with Crippen LogP contribution in [0.4, 0.5) is 0 Å². The fraction of sp³-hybridized carbons (Fsp3) is 0.500. The zero-order valence-electron chi connectivity index (χ0n) is 20.9. The summed E-state index contributed by atoms with van der Waals surface area (Å²) in [7, 11) is 0. The number of carboxylic acids is 1. The molecule has 39 heavy (non-hydrogen) atoms. The summed E-state index contributed by atoms with van der Waals surface area (Å²) in [6.07, 6.45) is 0.674. The lowest BCUT2D eigenvalue weighted by Crippen LogP contribution is -2.44. The molecule has 7 unspecified atom stereocenters. The second-order valence-electron chi connectivity index (χ2n) is 10.3. The van der Waals surface area contributed by atoms with Crippen molar-refractivity contribution in [3.63, 3.8) is 0 Å². The molecule has 2 saturated carbocycles. The maximum atomic E-state index is 13.6. The topological polar surface area (TPSA) is 143 Å². The Morgan fingerprint density at radius 1 is 1.21 bits per heavy atom. The Morgan fingerprint density at radius 3 is 2.62 bits per heavy atom. The van der Waals surface area contributed by atoms with Gasteiger partial charge in [0.2, 0.25) is 11.8 Å². The van der Waals surface area contributed by atoms with Gasteiger partial charge >= 0.3 is 16.8 Å². The molecule has 2 amide bonds. The van der Waals surface area contributed by atoms with Crippen molar-refractivity contribution < 1.29 is 33.8 Å². The van der Waals surface area contributed by atoms with E-state index in [9.17, 15) is 29.1 Å². The summed E-state index contributed by atoms with van der Waals surface area (Å²) < 4.78 is 11.7. The van der Waals surface area contributed by atoms with Crippen molar-refractivity contribution in [2.75, 3.05) is 13.2 Å². The van der Waals surface area contributed by atoms with E-state index in [1.807, 2.05) is 6.07 Å². The Morgan fingerprint density at radius 2 is 1.92 bits per heavy atom. The first-order valence-corrected chi connectivity index (χ1v) is 15.2. The highest BCUT2D eigenvalue weighted by Crippen LogP contribution is 2.69. The molecule has 2 aliphatic carbocycles. The van der Waals surface area contributed by atoms with Gasteiger partial charge in [0.05, 0.1) is 23.5 Å². The van der Waals surface area contributed by atoms with E-state index in [1.54, 1.807) is 30.8 Å². The van der Waals surface area contributed by atoms with E-state index < -0.39 is 41.6 Å². The Balaban J connectivity index is 1.43. The molecule has 2 aliphatic heterocycles. The third-order valence-electron chi connectivity index (χ3n) is 8.46. The van der Waals surface area contributed by atoms with Gasteiger partial charge in [-0.15, -0.1) is 11.8 Å². The molecular weight excluding hydrogens is 612 g/mol. The molecule has 1 saturated heterocycles. The number of aliphatic carboxylic acids is 1. The number of aromatic nitrogens is 1. The van der Waals surface area contributed by atoms with Crippen molar-refractivity contribution >= 4 is 62.8 Å². The van der Waals surface area contributed by atoms with E-state index >= 15 is 0 Å². The summed E-state index contributed by atoms with van der Waals surface area (Å²) >= 11 is 6.21. The number of amides is 2. The number of hydrogen-bond acceptors (Lipinski definition) is 9. The van der Waals surface area contributed by atoms with Crippen LogP contribution in [0.3, 0.4) is 0 Å². The number of carbonyl (C=O) groups is 4. The minimum Gasteiger partial charge on any atom is -0.482 e. The second-order valence-corrected chi connectivity index (χ2v) is 13.4. The highest BCUT2D eigenvalue weighted by Gasteiger charge is 2.70. The van der Waals surface area contributed by atoms with Gasteiger partial charge in [-0.2, -0.15) is 0 Å². The molecule has 1 aromatic heterocycles. The highest BCUT2D eigenvalue weighted by molar-refractivity contribution is 9.10. The van der Waals surface area contributed by atoms with E-state index in [0.717, 1.165) is 36.2 Å². The van der Waals surface area contributed by atoms with Gasteiger partial charge in [-0.3, -0.25) is 19.3 Å². The summed E-state index contributed by atoms with van der Waals surface area (Å²) in [5.41, 5.74) is 0.775.